The minimum Gasteiger partial charge on any atom is -0.391 e. The van der Waals surface area contributed by atoms with Crippen LogP contribution in [-0.2, 0) is 0 Å². The van der Waals surface area contributed by atoms with Crippen molar-refractivity contribution in [2.75, 3.05) is 0 Å². The zero-order chi connectivity index (χ0) is 11.1. The highest BCUT2D eigenvalue weighted by Crippen LogP contribution is 2.31. The number of aliphatic hydroxyl groups excluding tert-OH is 1. The molecule has 3 rings (SSSR count). The molecule has 2 aromatic rings. The van der Waals surface area contributed by atoms with Crippen molar-refractivity contribution in [2.24, 2.45) is 0 Å². The van der Waals surface area contributed by atoms with Crippen molar-refractivity contribution >= 4 is 23.4 Å². The van der Waals surface area contributed by atoms with Crippen LogP contribution in [0.1, 0.15) is 25.3 Å². The van der Waals surface area contributed by atoms with Gasteiger partial charge in [0.1, 0.15) is 11.2 Å². The SMILES string of the molecule is OC1CCCC1n1cnc2c(=S)nc[nH]c21. The molecule has 0 saturated heterocycles. The van der Waals surface area contributed by atoms with Gasteiger partial charge in [0.25, 0.3) is 0 Å². The Bertz CT molecular complexity index is 575. The monoisotopic (exact) mass is 236 g/mol. The Kier molecular flexibility index (Phi) is 2.26. The Balaban J connectivity index is 2.18. The lowest BCUT2D eigenvalue weighted by Gasteiger charge is -2.16. The van der Waals surface area contributed by atoms with E-state index in [2.05, 4.69) is 15.0 Å². The molecule has 0 amide bonds. The number of H-pyrrole nitrogens is 1. The fraction of sp³-hybridized carbons (Fsp3) is 0.500. The molecule has 16 heavy (non-hydrogen) atoms. The first-order valence-electron chi connectivity index (χ1n) is 5.35. The topological polar surface area (TPSA) is 66.7 Å². The number of hydrogen-bond acceptors (Lipinski definition) is 4. The molecule has 84 valence electrons. The second kappa shape index (κ2) is 3.64. The van der Waals surface area contributed by atoms with Gasteiger partial charge < -0.3 is 14.7 Å². The Morgan fingerprint density at radius 3 is 3.06 bits per heavy atom. The predicted octanol–water partition coefficient (Wildman–Crippen LogP) is 1.57. The van der Waals surface area contributed by atoms with E-state index in [1.54, 1.807) is 12.7 Å². The van der Waals surface area contributed by atoms with Gasteiger partial charge in [-0.1, -0.05) is 12.2 Å². The molecular weight excluding hydrogens is 224 g/mol. The van der Waals surface area contributed by atoms with Crippen LogP contribution in [0.5, 0.6) is 0 Å². The molecule has 0 aromatic carbocycles. The van der Waals surface area contributed by atoms with E-state index >= 15 is 0 Å². The third kappa shape index (κ3) is 1.37. The van der Waals surface area contributed by atoms with Gasteiger partial charge in [0.05, 0.1) is 24.8 Å². The highest BCUT2D eigenvalue weighted by Gasteiger charge is 2.28. The number of aliphatic hydroxyl groups is 1. The lowest BCUT2D eigenvalue weighted by Crippen LogP contribution is -2.17. The Labute approximate surface area is 97.2 Å². The molecule has 5 nitrogen and oxygen atoms in total. The molecule has 2 heterocycles. The average molecular weight is 236 g/mol. The maximum atomic E-state index is 9.89. The van der Waals surface area contributed by atoms with E-state index in [1.807, 2.05) is 4.57 Å². The molecule has 1 saturated carbocycles. The molecule has 1 aliphatic rings. The zero-order valence-corrected chi connectivity index (χ0v) is 9.44. The predicted molar refractivity (Wildman–Crippen MR) is 61.6 cm³/mol. The van der Waals surface area contributed by atoms with Crippen LogP contribution >= 0.6 is 12.2 Å². The van der Waals surface area contributed by atoms with Crippen LogP contribution in [-0.4, -0.2) is 30.7 Å². The summed E-state index contributed by atoms with van der Waals surface area (Å²) >= 11 is 5.10. The minimum absolute atomic E-state index is 0.109. The molecule has 6 heteroatoms. The molecule has 2 aromatic heterocycles. The normalized spacial score (nSPS) is 25.3. The molecule has 0 aliphatic heterocycles. The lowest BCUT2D eigenvalue weighted by molar-refractivity contribution is 0.138. The van der Waals surface area contributed by atoms with Gasteiger partial charge in [0.2, 0.25) is 0 Å². The maximum Gasteiger partial charge on any atom is 0.157 e. The summed E-state index contributed by atoms with van der Waals surface area (Å²) in [5.41, 5.74) is 1.56. The van der Waals surface area contributed by atoms with Crippen LogP contribution in [0, 0.1) is 4.64 Å². The van der Waals surface area contributed by atoms with Crippen molar-refractivity contribution in [3.8, 4) is 0 Å². The van der Waals surface area contributed by atoms with Gasteiger partial charge in [0, 0.05) is 0 Å². The third-order valence-electron chi connectivity index (χ3n) is 3.18. The summed E-state index contributed by atoms with van der Waals surface area (Å²) in [5.74, 6) is 0. The molecule has 2 N–H and O–H groups in total. The van der Waals surface area contributed by atoms with Crippen molar-refractivity contribution < 1.29 is 5.11 Å². The standard InChI is InChI=1S/C10H12N4OS/c15-7-3-1-2-6(7)14-5-13-8-9(14)11-4-12-10(8)16/h4-7,15H,1-3H2,(H,11,12,16). The minimum atomic E-state index is -0.285. The second-order valence-electron chi connectivity index (χ2n) is 4.12. The van der Waals surface area contributed by atoms with E-state index in [0.29, 0.717) is 10.2 Å². The molecule has 2 atom stereocenters. The summed E-state index contributed by atoms with van der Waals surface area (Å²) in [7, 11) is 0. The Hall–Kier alpha value is -1.27. The zero-order valence-electron chi connectivity index (χ0n) is 8.63. The summed E-state index contributed by atoms with van der Waals surface area (Å²) in [5, 5.41) is 9.89. The van der Waals surface area contributed by atoms with E-state index in [0.717, 1.165) is 24.9 Å². The Morgan fingerprint density at radius 2 is 2.31 bits per heavy atom. The van der Waals surface area contributed by atoms with E-state index < -0.39 is 0 Å². The van der Waals surface area contributed by atoms with Gasteiger partial charge in [-0.15, -0.1) is 0 Å². The van der Waals surface area contributed by atoms with Crippen molar-refractivity contribution in [1.29, 1.82) is 0 Å². The number of nitrogens with one attached hydrogen (secondary N) is 1. The quantitative estimate of drug-likeness (QED) is 0.738. The van der Waals surface area contributed by atoms with Crippen molar-refractivity contribution in [1.82, 2.24) is 19.5 Å². The van der Waals surface area contributed by atoms with Crippen molar-refractivity contribution in [3.05, 3.63) is 17.3 Å². The van der Waals surface area contributed by atoms with Crippen molar-refractivity contribution in [3.63, 3.8) is 0 Å². The second-order valence-corrected chi connectivity index (χ2v) is 4.51. The van der Waals surface area contributed by atoms with E-state index in [-0.39, 0.29) is 12.1 Å². The third-order valence-corrected chi connectivity index (χ3v) is 3.48. The Morgan fingerprint density at radius 1 is 1.44 bits per heavy atom. The molecule has 0 radical (unpaired) electrons. The maximum absolute atomic E-state index is 9.89. The van der Waals surface area contributed by atoms with Gasteiger partial charge in [-0.25, -0.2) is 9.97 Å². The van der Waals surface area contributed by atoms with E-state index in [9.17, 15) is 5.11 Å². The summed E-state index contributed by atoms with van der Waals surface area (Å²) in [6, 6.07) is 0.109. The van der Waals surface area contributed by atoms with Gasteiger partial charge >= 0.3 is 0 Å². The van der Waals surface area contributed by atoms with Crippen LogP contribution in [0.2, 0.25) is 0 Å². The van der Waals surface area contributed by atoms with E-state index in [1.165, 1.54) is 0 Å². The van der Waals surface area contributed by atoms with Gasteiger partial charge in [-0.3, -0.25) is 0 Å². The number of nitrogens with zero attached hydrogens (tertiary/aromatic N) is 3. The summed E-state index contributed by atoms with van der Waals surface area (Å²) in [4.78, 5) is 11.3. The smallest absolute Gasteiger partial charge is 0.157 e. The first-order chi connectivity index (χ1) is 7.77. The molecule has 1 fully saturated rings. The summed E-state index contributed by atoms with van der Waals surface area (Å²) in [6.45, 7) is 0. The average Bonchev–Trinajstić information content (AvgIpc) is 2.84. The summed E-state index contributed by atoms with van der Waals surface area (Å²) in [6.07, 6.45) is 5.91. The fourth-order valence-corrected chi connectivity index (χ4v) is 2.57. The van der Waals surface area contributed by atoms with Crippen LogP contribution in [0.15, 0.2) is 12.7 Å². The van der Waals surface area contributed by atoms with Crippen LogP contribution in [0.4, 0.5) is 0 Å². The highest BCUT2D eigenvalue weighted by molar-refractivity contribution is 7.71. The van der Waals surface area contributed by atoms with Gasteiger partial charge in [0.15, 0.2) is 4.64 Å². The molecule has 0 spiro atoms. The first kappa shape index (κ1) is 9.92. The van der Waals surface area contributed by atoms with Crippen molar-refractivity contribution in [2.45, 2.75) is 31.4 Å². The number of rotatable bonds is 1. The number of imidazole rings is 1. The van der Waals surface area contributed by atoms with E-state index in [4.69, 9.17) is 12.2 Å². The molecule has 1 aliphatic carbocycles. The van der Waals surface area contributed by atoms with Crippen LogP contribution in [0.25, 0.3) is 11.2 Å². The van der Waals surface area contributed by atoms with Gasteiger partial charge in [-0.2, -0.15) is 0 Å². The largest absolute Gasteiger partial charge is 0.391 e. The molecule has 2 unspecified atom stereocenters. The van der Waals surface area contributed by atoms with Crippen LogP contribution in [0.3, 0.4) is 0 Å². The number of aromatic amines is 1. The first-order valence-corrected chi connectivity index (χ1v) is 5.76. The molecule has 0 bridgehead atoms. The summed E-state index contributed by atoms with van der Waals surface area (Å²) < 4.78 is 2.48. The molecular formula is C10H12N4OS. The lowest BCUT2D eigenvalue weighted by atomic mass is 10.2. The number of aromatic nitrogens is 4. The number of fused-ring (bicyclic) bond motifs is 1. The number of hydrogen-bond donors (Lipinski definition) is 2. The highest BCUT2D eigenvalue weighted by atomic mass is 32.1. The fourth-order valence-electron chi connectivity index (χ4n) is 2.37. The van der Waals surface area contributed by atoms with Crippen LogP contribution < -0.4 is 0 Å². The van der Waals surface area contributed by atoms with Gasteiger partial charge in [-0.05, 0) is 19.3 Å².